The first-order chi connectivity index (χ1) is 9.32. The van der Waals surface area contributed by atoms with Crippen molar-refractivity contribution in [1.29, 1.82) is 0 Å². The van der Waals surface area contributed by atoms with Crippen LogP contribution in [0.2, 0.25) is 0 Å². The molecule has 1 saturated heterocycles. The second-order valence-electron chi connectivity index (χ2n) is 5.82. The Bertz CT molecular complexity index is 517. The largest absolute Gasteiger partial charge is 0.497 e. The van der Waals surface area contributed by atoms with Crippen molar-refractivity contribution in [3.63, 3.8) is 0 Å². The van der Waals surface area contributed by atoms with Crippen LogP contribution in [0.15, 0.2) is 18.2 Å². The van der Waals surface area contributed by atoms with E-state index < -0.39 is 0 Å². The number of morpholine rings is 1. The van der Waals surface area contributed by atoms with Gasteiger partial charge in [0, 0.05) is 24.7 Å². The molecule has 20 heavy (non-hydrogen) atoms. The molecule has 1 aromatic rings. The normalized spacial score (nSPS) is 21.6. The topological polar surface area (TPSA) is 47.7 Å². The molecule has 1 atom stereocenters. The zero-order valence-electron chi connectivity index (χ0n) is 12.5. The van der Waals surface area contributed by atoms with Crippen molar-refractivity contribution >= 4 is 22.9 Å². The summed E-state index contributed by atoms with van der Waals surface area (Å²) in [5.41, 5.74) is 7.54. The summed E-state index contributed by atoms with van der Waals surface area (Å²) in [6, 6.07) is 5.79. The molecule has 1 aliphatic heterocycles. The van der Waals surface area contributed by atoms with Crippen LogP contribution in [0.4, 0.5) is 5.69 Å². The first kappa shape index (κ1) is 15.1. The number of nitrogens with zero attached hydrogens (tertiary/aromatic N) is 1. The maximum absolute atomic E-state index is 5.95. The first-order valence-electron chi connectivity index (χ1n) is 6.73. The van der Waals surface area contributed by atoms with E-state index in [0.29, 0.717) is 4.99 Å². The van der Waals surface area contributed by atoms with Gasteiger partial charge in [0.2, 0.25) is 0 Å². The van der Waals surface area contributed by atoms with Crippen LogP contribution in [0.25, 0.3) is 0 Å². The van der Waals surface area contributed by atoms with Gasteiger partial charge in [0.15, 0.2) is 0 Å². The van der Waals surface area contributed by atoms with Crippen molar-refractivity contribution < 1.29 is 9.47 Å². The molecule has 1 aliphatic rings. The van der Waals surface area contributed by atoms with Gasteiger partial charge in [-0.3, -0.25) is 0 Å². The molecule has 0 bridgehead atoms. The monoisotopic (exact) mass is 294 g/mol. The lowest BCUT2D eigenvalue weighted by atomic mass is 10.0. The lowest BCUT2D eigenvalue weighted by Gasteiger charge is -2.43. The number of rotatable bonds is 3. The van der Waals surface area contributed by atoms with Gasteiger partial charge in [-0.1, -0.05) is 12.2 Å². The summed E-state index contributed by atoms with van der Waals surface area (Å²) in [4.78, 5) is 2.67. The molecule has 110 valence electrons. The average Bonchev–Trinajstić information content (AvgIpc) is 2.35. The molecule has 0 aromatic heterocycles. The van der Waals surface area contributed by atoms with Gasteiger partial charge in [-0.25, -0.2) is 0 Å². The van der Waals surface area contributed by atoms with Gasteiger partial charge in [0.1, 0.15) is 10.7 Å². The minimum Gasteiger partial charge on any atom is -0.497 e. The Kier molecular flexibility index (Phi) is 4.20. The molecule has 1 aromatic carbocycles. The van der Waals surface area contributed by atoms with Crippen molar-refractivity contribution in [3.05, 3.63) is 23.8 Å². The van der Waals surface area contributed by atoms with E-state index in [-0.39, 0.29) is 11.7 Å². The zero-order valence-corrected chi connectivity index (χ0v) is 13.3. The molecule has 0 spiro atoms. The van der Waals surface area contributed by atoms with Gasteiger partial charge in [0.05, 0.1) is 24.5 Å². The van der Waals surface area contributed by atoms with E-state index in [0.717, 1.165) is 30.1 Å². The number of benzene rings is 1. The number of anilines is 1. The lowest BCUT2D eigenvalue weighted by molar-refractivity contribution is -0.0749. The molecular formula is C15H22N2O2S. The van der Waals surface area contributed by atoms with Crippen LogP contribution in [0, 0.1) is 0 Å². The number of hydrogen-bond acceptors (Lipinski definition) is 4. The van der Waals surface area contributed by atoms with Gasteiger partial charge in [-0.05, 0) is 32.9 Å². The quantitative estimate of drug-likeness (QED) is 0.867. The van der Waals surface area contributed by atoms with E-state index in [9.17, 15) is 0 Å². The van der Waals surface area contributed by atoms with E-state index in [1.165, 1.54) is 0 Å². The van der Waals surface area contributed by atoms with Gasteiger partial charge in [0.25, 0.3) is 0 Å². The fraction of sp³-hybridized carbons (Fsp3) is 0.533. The minimum atomic E-state index is -0.200. The highest BCUT2D eigenvalue weighted by Crippen LogP contribution is 2.31. The number of thiocarbonyl (C=S) groups is 1. The van der Waals surface area contributed by atoms with Gasteiger partial charge >= 0.3 is 0 Å². The molecule has 1 unspecified atom stereocenters. The molecule has 0 amide bonds. The molecule has 0 saturated carbocycles. The highest BCUT2D eigenvalue weighted by molar-refractivity contribution is 7.80. The van der Waals surface area contributed by atoms with Crippen LogP contribution in [-0.2, 0) is 4.74 Å². The van der Waals surface area contributed by atoms with Crippen molar-refractivity contribution in [2.24, 2.45) is 5.73 Å². The van der Waals surface area contributed by atoms with Crippen LogP contribution in [-0.4, -0.2) is 36.9 Å². The molecule has 1 fully saturated rings. The second kappa shape index (κ2) is 5.58. The third-order valence-electron chi connectivity index (χ3n) is 3.38. The fourth-order valence-electron chi connectivity index (χ4n) is 2.75. The molecule has 4 nitrogen and oxygen atoms in total. The predicted molar refractivity (Wildman–Crippen MR) is 85.7 cm³/mol. The smallest absolute Gasteiger partial charge is 0.120 e. The van der Waals surface area contributed by atoms with Crippen LogP contribution in [0.1, 0.15) is 26.3 Å². The fourth-order valence-corrected chi connectivity index (χ4v) is 2.92. The molecular weight excluding hydrogens is 272 g/mol. The first-order valence-corrected chi connectivity index (χ1v) is 7.14. The SMILES string of the molecule is COc1ccc(C(N)=S)c(N2CC(C)OC(C)(C)C2)c1. The molecule has 0 radical (unpaired) electrons. The highest BCUT2D eigenvalue weighted by atomic mass is 32.1. The summed E-state index contributed by atoms with van der Waals surface area (Å²) >= 11 is 5.16. The number of ether oxygens (including phenoxy) is 2. The lowest BCUT2D eigenvalue weighted by Crippen LogP contribution is -2.52. The van der Waals surface area contributed by atoms with E-state index in [1.54, 1.807) is 7.11 Å². The molecule has 2 N–H and O–H groups in total. The Balaban J connectivity index is 2.41. The number of nitrogens with two attached hydrogens (primary N) is 1. The number of hydrogen-bond donors (Lipinski definition) is 1. The van der Waals surface area contributed by atoms with E-state index in [2.05, 4.69) is 25.7 Å². The number of methoxy groups -OCH3 is 1. The second-order valence-corrected chi connectivity index (χ2v) is 6.26. The predicted octanol–water partition coefficient (Wildman–Crippen LogP) is 2.33. The van der Waals surface area contributed by atoms with Gasteiger partial charge in [-0.15, -0.1) is 0 Å². The minimum absolute atomic E-state index is 0.157. The van der Waals surface area contributed by atoms with Crippen LogP contribution < -0.4 is 15.4 Å². The van der Waals surface area contributed by atoms with Crippen molar-refractivity contribution in [3.8, 4) is 5.75 Å². The summed E-state index contributed by atoms with van der Waals surface area (Å²) in [6.07, 6.45) is 0.157. The Morgan fingerprint density at radius 2 is 2.20 bits per heavy atom. The molecule has 2 rings (SSSR count). The van der Waals surface area contributed by atoms with E-state index >= 15 is 0 Å². The van der Waals surface area contributed by atoms with E-state index in [4.69, 9.17) is 27.4 Å². The van der Waals surface area contributed by atoms with Gasteiger partial charge < -0.3 is 20.1 Å². The Hall–Kier alpha value is -1.33. The van der Waals surface area contributed by atoms with Crippen LogP contribution in [0.3, 0.4) is 0 Å². The zero-order chi connectivity index (χ0) is 14.9. The van der Waals surface area contributed by atoms with Crippen LogP contribution in [0.5, 0.6) is 5.75 Å². The third kappa shape index (κ3) is 3.22. The molecule has 1 heterocycles. The summed E-state index contributed by atoms with van der Waals surface area (Å²) in [7, 11) is 1.66. The molecule has 5 heteroatoms. The Morgan fingerprint density at radius 1 is 1.50 bits per heavy atom. The van der Waals surface area contributed by atoms with Gasteiger partial charge in [-0.2, -0.15) is 0 Å². The Morgan fingerprint density at radius 3 is 2.75 bits per heavy atom. The van der Waals surface area contributed by atoms with Crippen LogP contribution >= 0.6 is 12.2 Å². The standard InChI is InChI=1S/C15H22N2O2S/c1-10-8-17(9-15(2,3)19-10)13-7-11(18-4)5-6-12(13)14(16)20/h5-7,10H,8-9H2,1-4H3,(H2,16,20). The highest BCUT2D eigenvalue weighted by Gasteiger charge is 2.32. The summed E-state index contributed by atoms with van der Waals surface area (Å²) in [5.74, 6) is 0.803. The summed E-state index contributed by atoms with van der Waals surface area (Å²) in [6.45, 7) is 7.87. The molecule has 0 aliphatic carbocycles. The van der Waals surface area contributed by atoms with Crippen molar-refractivity contribution in [2.75, 3.05) is 25.1 Å². The summed E-state index contributed by atoms with van der Waals surface area (Å²) in [5, 5.41) is 0. The summed E-state index contributed by atoms with van der Waals surface area (Å²) < 4.78 is 11.3. The maximum atomic E-state index is 5.95. The van der Waals surface area contributed by atoms with Crippen molar-refractivity contribution in [1.82, 2.24) is 0 Å². The Labute approximate surface area is 125 Å². The average molecular weight is 294 g/mol. The van der Waals surface area contributed by atoms with Crippen molar-refractivity contribution in [2.45, 2.75) is 32.5 Å². The third-order valence-corrected chi connectivity index (χ3v) is 3.60. The maximum Gasteiger partial charge on any atom is 0.120 e. The van der Waals surface area contributed by atoms with E-state index in [1.807, 2.05) is 18.2 Å².